The van der Waals surface area contributed by atoms with Crippen LogP contribution in [0.4, 0.5) is 11.8 Å². The van der Waals surface area contributed by atoms with Crippen LogP contribution in [-0.2, 0) is 0 Å². The first kappa shape index (κ1) is 10.8. The SMILES string of the molecule is CCNc1nc(C)cc(N(C)CC)n1. The van der Waals surface area contributed by atoms with Gasteiger partial charge in [-0.2, -0.15) is 4.98 Å². The van der Waals surface area contributed by atoms with E-state index in [1.807, 2.05) is 27.0 Å². The molecule has 0 bridgehead atoms. The van der Waals surface area contributed by atoms with Crippen molar-refractivity contribution in [2.75, 3.05) is 30.4 Å². The third-order valence-electron chi connectivity index (χ3n) is 2.04. The summed E-state index contributed by atoms with van der Waals surface area (Å²) in [6.07, 6.45) is 0. The Morgan fingerprint density at radius 3 is 2.64 bits per heavy atom. The van der Waals surface area contributed by atoms with Crippen LogP contribution in [0.2, 0.25) is 0 Å². The minimum absolute atomic E-state index is 0.711. The van der Waals surface area contributed by atoms with Crippen LogP contribution in [0.5, 0.6) is 0 Å². The molecule has 0 amide bonds. The molecule has 0 aliphatic heterocycles. The molecule has 1 N–H and O–H groups in total. The highest BCUT2D eigenvalue weighted by Crippen LogP contribution is 2.12. The highest BCUT2D eigenvalue weighted by Gasteiger charge is 2.03. The molecule has 1 rings (SSSR count). The Balaban J connectivity index is 2.94. The van der Waals surface area contributed by atoms with Crippen LogP contribution in [0.15, 0.2) is 6.07 Å². The van der Waals surface area contributed by atoms with Gasteiger partial charge in [0.05, 0.1) is 0 Å². The van der Waals surface area contributed by atoms with Gasteiger partial charge in [-0.25, -0.2) is 4.98 Å². The molecule has 1 heterocycles. The number of hydrogen-bond donors (Lipinski definition) is 1. The van der Waals surface area contributed by atoms with E-state index in [-0.39, 0.29) is 0 Å². The summed E-state index contributed by atoms with van der Waals surface area (Å²) in [6, 6.07) is 1.99. The molecule has 0 saturated heterocycles. The van der Waals surface area contributed by atoms with Crippen molar-refractivity contribution >= 4 is 11.8 Å². The number of nitrogens with zero attached hydrogens (tertiary/aromatic N) is 3. The first-order valence-corrected chi connectivity index (χ1v) is 4.98. The zero-order valence-corrected chi connectivity index (χ0v) is 9.33. The molecule has 0 atom stereocenters. The summed E-state index contributed by atoms with van der Waals surface area (Å²) in [7, 11) is 2.03. The van der Waals surface area contributed by atoms with Crippen molar-refractivity contribution in [1.82, 2.24) is 9.97 Å². The van der Waals surface area contributed by atoms with Crippen LogP contribution in [0, 0.1) is 6.92 Å². The molecule has 0 aliphatic rings. The van der Waals surface area contributed by atoms with Gasteiger partial charge < -0.3 is 10.2 Å². The Morgan fingerprint density at radius 1 is 1.36 bits per heavy atom. The van der Waals surface area contributed by atoms with E-state index in [1.165, 1.54) is 0 Å². The average molecular weight is 194 g/mol. The zero-order valence-electron chi connectivity index (χ0n) is 9.33. The van der Waals surface area contributed by atoms with Gasteiger partial charge in [-0.3, -0.25) is 0 Å². The fraction of sp³-hybridized carbons (Fsp3) is 0.600. The fourth-order valence-electron chi connectivity index (χ4n) is 1.15. The van der Waals surface area contributed by atoms with Crippen LogP contribution in [0.1, 0.15) is 19.5 Å². The Hall–Kier alpha value is -1.32. The van der Waals surface area contributed by atoms with E-state index in [4.69, 9.17) is 0 Å². The Kier molecular flexibility index (Phi) is 3.68. The van der Waals surface area contributed by atoms with E-state index in [1.54, 1.807) is 0 Å². The molecule has 1 aromatic heterocycles. The lowest BCUT2D eigenvalue weighted by Gasteiger charge is -2.16. The first-order chi connectivity index (χ1) is 6.67. The van der Waals surface area contributed by atoms with E-state index in [2.05, 4.69) is 27.1 Å². The van der Waals surface area contributed by atoms with Crippen LogP contribution < -0.4 is 10.2 Å². The molecule has 14 heavy (non-hydrogen) atoms. The van der Waals surface area contributed by atoms with Crippen LogP contribution >= 0.6 is 0 Å². The van der Waals surface area contributed by atoms with E-state index in [0.717, 1.165) is 24.6 Å². The quantitative estimate of drug-likeness (QED) is 0.791. The lowest BCUT2D eigenvalue weighted by atomic mass is 10.4. The Labute approximate surface area is 85.4 Å². The Morgan fingerprint density at radius 2 is 2.07 bits per heavy atom. The molecule has 1 aromatic rings. The van der Waals surface area contributed by atoms with E-state index >= 15 is 0 Å². The van der Waals surface area contributed by atoms with Gasteiger partial charge in [-0.15, -0.1) is 0 Å². The monoisotopic (exact) mass is 194 g/mol. The van der Waals surface area contributed by atoms with Crippen LogP contribution in [0.3, 0.4) is 0 Å². The van der Waals surface area contributed by atoms with Crippen molar-refractivity contribution in [1.29, 1.82) is 0 Å². The molecule has 0 saturated carbocycles. The first-order valence-electron chi connectivity index (χ1n) is 4.98. The number of aromatic nitrogens is 2. The van der Waals surface area contributed by atoms with Crippen molar-refractivity contribution < 1.29 is 0 Å². The van der Waals surface area contributed by atoms with Gasteiger partial charge in [0, 0.05) is 31.9 Å². The second kappa shape index (κ2) is 4.79. The topological polar surface area (TPSA) is 41.1 Å². The van der Waals surface area contributed by atoms with Gasteiger partial charge in [0.2, 0.25) is 5.95 Å². The maximum Gasteiger partial charge on any atom is 0.224 e. The van der Waals surface area contributed by atoms with Crippen molar-refractivity contribution in [2.45, 2.75) is 20.8 Å². The maximum atomic E-state index is 4.40. The smallest absolute Gasteiger partial charge is 0.224 e. The lowest BCUT2D eigenvalue weighted by molar-refractivity contribution is 0.919. The number of anilines is 2. The summed E-state index contributed by atoms with van der Waals surface area (Å²) < 4.78 is 0. The lowest BCUT2D eigenvalue weighted by Crippen LogP contribution is -2.18. The molecule has 0 spiro atoms. The van der Waals surface area contributed by atoms with Crippen molar-refractivity contribution in [3.8, 4) is 0 Å². The molecule has 78 valence electrons. The molecule has 0 unspecified atom stereocenters. The molecule has 0 fully saturated rings. The number of nitrogens with one attached hydrogen (secondary N) is 1. The summed E-state index contributed by atoms with van der Waals surface area (Å²) in [6.45, 7) is 7.91. The standard InChI is InChI=1S/C10H18N4/c1-5-11-10-12-8(3)7-9(13-10)14(4)6-2/h7H,5-6H2,1-4H3,(H,11,12,13). The summed E-state index contributed by atoms with van der Waals surface area (Å²) in [5.74, 6) is 1.68. The predicted octanol–water partition coefficient (Wildman–Crippen LogP) is 1.67. The summed E-state index contributed by atoms with van der Waals surface area (Å²) >= 11 is 0. The van der Waals surface area contributed by atoms with Crippen LogP contribution in [-0.4, -0.2) is 30.1 Å². The minimum atomic E-state index is 0.711. The highest BCUT2D eigenvalue weighted by atomic mass is 15.2. The molecule has 4 nitrogen and oxygen atoms in total. The molecule has 4 heteroatoms. The zero-order chi connectivity index (χ0) is 10.6. The molecule has 0 radical (unpaired) electrons. The van der Waals surface area contributed by atoms with Gasteiger partial charge in [0.1, 0.15) is 5.82 Å². The maximum absolute atomic E-state index is 4.40. The van der Waals surface area contributed by atoms with Gasteiger partial charge in [0.25, 0.3) is 0 Å². The normalized spacial score (nSPS) is 10.0. The summed E-state index contributed by atoms with van der Waals surface area (Å²) in [5.41, 5.74) is 0.992. The molecular weight excluding hydrogens is 176 g/mol. The van der Waals surface area contributed by atoms with Crippen LogP contribution in [0.25, 0.3) is 0 Å². The average Bonchev–Trinajstić information content (AvgIpc) is 2.16. The number of rotatable bonds is 4. The highest BCUT2D eigenvalue weighted by molar-refractivity contribution is 5.43. The minimum Gasteiger partial charge on any atom is -0.360 e. The third kappa shape index (κ3) is 2.58. The van der Waals surface area contributed by atoms with Gasteiger partial charge >= 0.3 is 0 Å². The predicted molar refractivity (Wildman–Crippen MR) is 59.9 cm³/mol. The third-order valence-corrected chi connectivity index (χ3v) is 2.04. The number of hydrogen-bond acceptors (Lipinski definition) is 4. The Bertz CT molecular complexity index is 298. The van der Waals surface area contributed by atoms with Crippen molar-refractivity contribution in [3.63, 3.8) is 0 Å². The molecular formula is C10H18N4. The largest absolute Gasteiger partial charge is 0.360 e. The van der Waals surface area contributed by atoms with E-state index in [0.29, 0.717) is 5.95 Å². The van der Waals surface area contributed by atoms with Gasteiger partial charge in [-0.05, 0) is 20.8 Å². The van der Waals surface area contributed by atoms with E-state index < -0.39 is 0 Å². The fourth-order valence-corrected chi connectivity index (χ4v) is 1.15. The van der Waals surface area contributed by atoms with E-state index in [9.17, 15) is 0 Å². The summed E-state index contributed by atoms with van der Waals surface area (Å²) in [4.78, 5) is 10.8. The molecule has 0 aromatic carbocycles. The second-order valence-corrected chi connectivity index (χ2v) is 3.24. The second-order valence-electron chi connectivity index (χ2n) is 3.24. The van der Waals surface area contributed by atoms with Crippen molar-refractivity contribution in [3.05, 3.63) is 11.8 Å². The summed E-state index contributed by atoms with van der Waals surface area (Å²) in [5, 5.41) is 3.12. The van der Waals surface area contributed by atoms with Crippen molar-refractivity contribution in [2.24, 2.45) is 0 Å². The van der Waals surface area contributed by atoms with Gasteiger partial charge in [-0.1, -0.05) is 0 Å². The molecule has 0 aliphatic carbocycles. The number of aryl methyl sites for hydroxylation is 1. The van der Waals surface area contributed by atoms with Gasteiger partial charge in [0.15, 0.2) is 0 Å².